The Morgan fingerprint density at radius 1 is 1.04 bits per heavy atom. The number of halogens is 3. The number of fused-ring (bicyclic) bond motifs is 1. The molecule has 0 amide bonds. The van der Waals surface area contributed by atoms with Crippen molar-refractivity contribution < 1.29 is 57.7 Å². The van der Waals surface area contributed by atoms with Gasteiger partial charge in [0.2, 0.25) is 0 Å². The molecule has 2 aliphatic carbocycles. The summed E-state index contributed by atoms with van der Waals surface area (Å²) in [4.78, 5) is 0. The van der Waals surface area contributed by atoms with Gasteiger partial charge in [0, 0.05) is 0 Å². The third kappa shape index (κ3) is 4.37. The summed E-state index contributed by atoms with van der Waals surface area (Å²) in [5, 5.41) is 1.66. The summed E-state index contributed by atoms with van der Waals surface area (Å²) in [6, 6.07) is 12.7. The fourth-order valence-corrected chi connectivity index (χ4v) is 10.8. The van der Waals surface area contributed by atoms with Crippen LogP contribution in [0.1, 0.15) is 13.3 Å². The molecule has 5 atom stereocenters. The van der Waals surface area contributed by atoms with Crippen molar-refractivity contribution in [1.29, 1.82) is 0 Å². The molecule has 5 heteroatoms. The number of benzene rings is 1. The molecule has 0 spiro atoms. The van der Waals surface area contributed by atoms with E-state index in [0.717, 1.165) is 21.6 Å². The average Bonchev–Trinajstić information content (AvgIpc) is 2.85. The van der Waals surface area contributed by atoms with Gasteiger partial charge in [-0.2, -0.15) is 0 Å². The Bertz CT molecular complexity index is 534. The van der Waals surface area contributed by atoms with Gasteiger partial charge >= 0.3 is 136 Å². The SMILES string of the molecule is CC[Si](C)(c1ccccc1)C1CC2C=CC=CC2[CH]1[Ti+3].[Cl-].[Cl-].[Cl-]. The maximum absolute atomic E-state index is 2.62. The predicted molar refractivity (Wildman–Crippen MR) is 85.6 cm³/mol. The Hall–Kier alpha value is 0.501. The van der Waals surface area contributed by atoms with Crippen molar-refractivity contribution in [2.75, 3.05) is 0 Å². The fourth-order valence-electron chi connectivity index (χ4n) is 4.16. The molecule has 3 rings (SSSR count). The quantitative estimate of drug-likeness (QED) is 0.432. The molecule has 2 aliphatic rings. The maximum atomic E-state index is 2.62. The molecular weight excluding hydrogens is 399 g/mol. The van der Waals surface area contributed by atoms with Crippen molar-refractivity contribution in [3.63, 3.8) is 0 Å². The average molecular weight is 422 g/mol. The summed E-state index contributed by atoms with van der Waals surface area (Å²) in [5.41, 5.74) is 0.914. The predicted octanol–water partition coefficient (Wildman–Crippen LogP) is -4.53. The zero-order chi connectivity index (χ0) is 14.2. The number of rotatable bonds is 3. The van der Waals surface area contributed by atoms with Gasteiger partial charge in [0.05, 0.1) is 0 Å². The zero-order valence-electron chi connectivity index (χ0n) is 13.6. The first-order valence-corrected chi connectivity index (χ1v) is 11.5. The van der Waals surface area contributed by atoms with Crippen LogP contribution in [0.4, 0.5) is 0 Å². The van der Waals surface area contributed by atoms with Gasteiger partial charge in [0.15, 0.2) is 0 Å². The van der Waals surface area contributed by atoms with Crippen LogP contribution >= 0.6 is 0 Å². The van der Waals surface area contributed by atoms with Gasteiger partial charge in [-0.05, 0) is 0 Å². The van der Waals surface area contributed by atoms with Crippen molar-refractivity contribution >= 4 is 13.3 Å². The van der Waals surface area contributed by atoms with E-state index in [9.17, 15) is 0 Å². The molecule has 0 bridgehead atoms. The van der Waals surface area contributed by atoms with Crippen LogP contribution < -0.4 is 42.4 Å². The molecule has 124 valence electrons. The molecule has 1 aromatic carbocycles. The summed E-state index contributed by atoms with van der Waals surface area (Å²) in [6.07, 6.45) is 10.8. The van der Waals surface area contributed by atoms with Gasteiger partial charge in [-0.25, -0.2) is 0 Å². The standard InChI is InChI=1S/C18H23Si.3ClH.Ti/c1-3-19(2,17-11-5-4-6-12-17)18-13-15-9-7-8-10-16(15)14-18;;;;/h4-13,15-16,18H,3,14H2,1-2H3;3*1H;/q;;;;+3/p-3. The van der Waals surface area contributed by atoms with Gasteiger partial charge in [0.25, 0.3) is 0 Å². The number of allylic oxidation sites excluding steroid dienone is 4. The molecule has 23 heavy (non-hydrogen) atoms. The minimum atomic E-state index is -1.39. The molecule has 0 N–H and O–H groups in total. The van der Waals surface area contributed by atoms with E-state index in [-0.39, 0.29) is 37.2 Å². The monoisotopic (exact) mass is 420 g/mol. The van der Waals surface area contributed by atoms with E-state index in [2.05, 4.69) is 88.5 Å². The first-order valence-electron chi connectivity index (χ1n) is 7.78. The van der Waals surface area contributed by atoms with E-state index in [1.807, 2.05) is 0 Å². The van der Waals surface area contributed by atoms with E-state index < -0.39 is 8.07 Å². The van der Waals surface area contributed by atoms with Crippen LogP contribution in [0.2, 0.25) is 22.4 Å². The molecule has 0 aromatic heterocycles. The van der Waals surface area contributed by atoms with E-state index in [1.165, 1.54) is 12.5 Å². The van der Waals surface area contributed by atoms with Crippen LogP contribution in [0.3, 0.4) is 0 Å². The van der Waals surface area contributed by atoms with E-state index >= 15 is 0 Å². The van der Waals surface area contributed by atoms with Crippen LogP contribution in [-0.2, 0) is 20.4 Å². The minimum absolute atomic E-state index is 0. The van der Waals surface area contributed by atoms with Crippen molar-refractivity contribution in [2.45, 2.75) is 35.7 Å². The van der Waals surface area contributed by atoms with Crippen LogP contribution in [0.25, 0.3) is 0 Å². The first kappa shape index (κ1) is 23.5. The summed E-state index contributed by atoms with van der Waals surface area (Å²) in [7, 11) is -1.39. The third-order valence-corrected chi connectivity index (χ3v) is 12.8. The fraction of sp³-hybridized carbons (Fsp3) is 0.444. The Morgan fingerprint density at radius 2 is 1.65 bits per heavy atom. The molecule has 0 nitrogen and oxygen atoms in total. The molecule has 0 radical (unpaired) electrons. The maximum Gasteiger partial charge on any atom is -1.00 e. The van der Waals surface area contributed by atoms with Crippen molar-refractivity contribution in [3.05, 3.63) is 54.6 Å². The van der Waals surface area contributed by atoms with Crippen molar-refractivity contribution in [1.82, 2.24) is 0 Å². The van der Waals surface area contributed by atoms with Crippen LogP contribution in [0.5, 0.6) is 0 Å². The third-order valence-electron chi connectivity index (χ3n) is 5.66. The van der Waals surface area contributed by atoms with Gasteiger partial charge in [-0.1, -0.05) is 0 Å². The number of hydrogen-bond donors (Lipinski definition) is 0. The van der Waals surface area contributed by atoms with Crippen LogP contribution in [-0.4, -0.2) is 8.07 Å². The summed E-state index contributed by atoms with van der Waals surface area (Å²) >= 11 is 2.50. The van der Waals surface area contributed by atoms with Crippen molar-refractivity contribution in [2.24, 2.45) is 11.8 Å². The van der Waals surface area contributed by atoms with E-state index in [4.69, 9.17) is 0 Å². The zero-order valence-corrected chi connectivity index (χ0v) is 18.4. The molecule has 0 aliphatic heterocycles. The molecule has 0 saturated heterocycles. The molecular formula is C18H23Cl3SiTi. The smallest absolute Gasteiger partial charge is 1.00 e. The summed E-state index contributed by atoms with van der Waals surface area (Å²) in [6.45, 7) is 5.04. The van der Waals surface area contributed by atoms with Gasteiger partial charge in [-0.15, -0.1) is 0 Å². The molecule has 0 heterocycles. The molecule has 1 fully saturated rings. The van der Waals surface area contributed by atoms with E-state index in [0.29, 0.717) is 0 Å². The normalized spacial score (nSPS) is 30.3. The largest absolute Gasteiger partial charge is 1.00 e. The molecule has 1 saturated carbocycles. The Labute approximate surface area is 172 Å². The topological polar surface area (TPSA) is 0 Å². The van der Waals surface area contributed by atoms with Crippen LogP contribution in [0, 0.1) is 11.8 Å². The molecule has 1 aromatic rings. The second kappa shape index (κ2) is 9.85. The second-order valence-corrected chi connectivity index (χ2v) is 12.4. The van der Waals surface area contributed by atoms with Gasteiger partial charge in [-0.3, -0.25) is 0 Å². The van der Waals surface area contributed by atoms with Crippen LogP contribution in [0.15, 0.2) is 54.6 Å². The van der Waals surface area contributed by atoms with Crippen molar-refractivity contribution in [3.8, 4) is 0 Å². The molecule has 5 unspecified atom stereocenters. The number of hydrogen-bond acceptors (Lipinski definition) is 0. The summed E-state index contributed by atoms with van der Waals surface area (Å²) in [5.74, 6) is 1.58. The first-order chi connectivity index (χ1) is 9.66. The van der Waals surface area contributed by atoms with Gasteiger partial charge in [0.1, 0.15) is 0 Å². The second-order valence-electron chi connectivity index (χ2n) is 6.52. The summed E-state index contributed by atoms with van der Waals surface area (Å²) < 4.78 is 0.832. The Kier molecular flexibility index (Phi) is 10.1. The Balaban J connectivity index is 0.00000161. The van der Waals surface area contributed by atoms with E-state index in [1.54, 1.807) is 5.19 Å². The minimum Gasteiger partial charge on any atom is -1.00 e. The van der Waals surface area contributed by atoms with Gasteiger partial charge < -0.3 is 37.2 Å². The Morgan fingerprint density at radius 3 is 2.22 bits per heavy atom.